The van der Waals surface area contributed by atoms with Crippen LogP contribution in [0.25, 0.3) is 0 Å². The molecule has 0 saturated heterocycles. The van der Waals surface area contributed by atoms with Crippen molar-refractivity contribution < 1.29 is 9.47 Å². The summed E-state index contributed by atoms with van der Waals surface area (Å²) in [5.74, 6) is 0.766. The lowest BCUT2D eigenvalue weighted by atomic mass is 10.1. The Morgan fingerprint density at radius 2 is 2.05 bits per heavy atom. The maximum absolute atomic E-state index is 5.94. The van der Waals surface area contributed by atoms with Gasteiger partial charge in [-0.2, -0.15) is 0 Å². The Morgan fingerprint density at radius 3 is 2.58 bits per heavy atom. The van der Waals surface area contributed by atoms with E-state index < -0.39 is 0 Å². The summed E-state index contributed by atoms with van der Waals surface area (Å²) in [5.41, 5.74) is 0.0482. The van der Waals surface area contributed by atoms with E-state index in [1.807, 2.05) is 18.2 Å². The second-order valence-corrected chi connectivity index (χ2v) is 6.69. The molecule has 1 aromatic rings. The maximum atomic E-state index is 5.94. The van der Waals surface area contributed by atoms with Crippen molar-refractivity contribution in [1.29, 1.82) is 0 Å². The van der Waals surface area contributed by atoms with E-state index >= 15 is 0 Å². The van der Waals surface area contributed by atoms with Gasteiger partial charge in [-0.15, -0.1) is 0 Å². The summed E-state index contributed by atoms with van der Waals surface area (Å²) in [6, 6.07) is 5.48. The van der Waals surface area contributed by atoms with Gasteiger partial charge in [-0.1, -0.05) is 11.6 Å². The van der Waals surface area contributed by atoms with Crippen molar-refractivity contribution >= 4 is 27.5 Å². The largest absolute Gasteiger partial charge is 0.486 e. The third-order valence-corrected chi connectivity index (χ3v) is 3.25. The van der Waals surface area contributed by atoms with Gasteiger partial charge in [0.25, 0.3) is 0 Å². The second kappa shape index (κ2) is 7.48. The SMILES string of the molecule is COCC(CNC(C)(C)C)Oc1ccc(Cl)cc1Br. The van der Waals surface area contributed by atoms with Gasteiger partial charge in [-0.3, -0.25) is 0 Å². The fourth-order valence-electron chi connectivity index (χ4n) is 1.49. The summed E-state index contributed by atoms with van der Waals surface area (Å²) in [6.07, 6.45) is -0.0540. The van der Waals surface area contributed by atoms with E-state index in [9.17, 15) is 0 Å². The van der Waals surface area contributed by atoms with Crippen LogP contribution in [0.4, 0.5) is 0 Å². The van der Waals surface area contributed by atoms with Crippen LogP contribution in [0.1, 0.15) is 20.8 Å². The molecule has 0 aliphatic carbocycles. The maximum Gasteiger partial charge on any atom is 0.134 e. The highest BCUT2D eigenvalue weighted by Crippen LogP contribution is 2.28. The molecule has 0 bridgehead atoms. The molecule has 3 nitrogen and oxygen atoms in total. The van der Waals surface area contributed by atoms with Gasteiger partial charge in [0.15, 0.2) is 0 Å². The van der Waals surface area contributed by atoms with Crippen LogP contribution in [0.3, 0.4) is 0 Å². The molecule has 0 fully saturated rings. The summed E-state index contributed by atoms with van der Waals surface area (Å²) in [6.45, 7) is 7.60. The normalized spacial score (nSPS) is 13.4. The number of rotatable bonds is 6. The number of methoxy groups -OCH3 is 1. The Labute approximate surface area is 128 Å². The van der Waals surface area contributed by atoms with Crippen molar-refractivity contribution in [1.82, 2.24) is 5.32 Å². The molecule has 0 heterocycles. The molecule has 19 heavy (non-hydrogen) atoms. The number of nitrogens with one attached hydrogen (secondary N) is 1. The van der Waals surface area contributed by atoms with Crippen LogP contribution < -0.4 is 10.1 Å². The van der Waals surface area contributed by atoms with E-state index in [0.29, 0.717) is 18.2 Å². The third kappa shape index (κ3) is 6.61. The molecule has 1 aromatic carbocycles. The summed E-state index contributed by atoms with van der Waals surface area (Å²) >= 11 is 9.36. The second-order valence-electron chi connectivity index (χ2n) is 5.40. The highest BCUT2D eigenvalue weighted by atomic mass is 79.9. The van der Waals surface area contributed by atoms with E-state index in [1.54, 1.807) is 7.11 Å². The number of benzene rings is 1. The lowest BCUT2D eigenvalue weighted by Crippen LogP contribution is -2.44. The fourth-order valence-corrected chi connectivity index (χ4v) is 2.27. The van der Waals surface area contributed by atoms with Gasteiger partial charge in [0.2, 0.25) is 0 Å². The van der Waals surface area contributed by atoms with Crippen LogP contribution in [0.5, 0.6) is 5.75 Å². The van der Waals surface area contributed by atoms with Gasteiger partial charge in [0.05, 0.1) is 11.1 Å². The highest BCUT2D eigenvalue weighted by Gasteiger charge is 2.16. The topological polar surface area (TPSA) is 30.5 Å². The number of halogens is 2. The molecule has 0 aliphatic rings. The van der Waals surface area contributed by atoms with Crippen LogP contribution in [0.2, 0.25) is 5.02 Å². The smallest absolute Gasteiger partial charge is 0.134 e. The average molecular weight is 351 g/mol. The van der Waals surface area contributed by atoms with Gasteiger partial charge in [0, 0.05) is 24.2 Å². The summed E-state index contributed by atoms with van der Waals surface area (Å²) in [5, 5.41) is 4.09. The lowest BCUT2D eigenvalue weighted by Gasteiger charge is -2.26. The van der Waals surface area contributed by atoms with Gasteiger partial charge in [-0.25, -0.2) is 0 Å². The zero-order chi connectivity index (χ0) is 14.5. The van der Waals surface area contributed by atoms with Crippen molar-refractivity contribution in [3.8, 4) is 5.75 Å². The van der Waals surface area contributed by atoms with E-state index in [0.717, 1.165) is 10.2 Å². The zero-order valence-corrected chi connectivity index (χ0v) is 14.1. The van der Waals surface area contributed by atoms with Crippen molar-refractivity contribution in [2.45, 2.75) is 32.4 Å². The Balaban J connectivity index is 2.67. The quantitative estimate of drug-likeness (QED) is 0.844. The van der Waals surface area contributed by atoms with Crippen molar-refractivity contribution in [3.05, 3.63) is 27.7 Å². The molecule has 108 valence electrons. The number of hydrogen-bond donors (Lipinski definition) is 1. The third-order valence-electron chi connectivity index (χ3n) is 2.40. The number of ether oxygens (including phenoxy) is 2. The first-order valence-corrected chi connectivity index (χ1v) is 7.34. The predicted octanol–water partition coefficient (Wildman–Crippen LogP) is 3.88. The predicted molar refractivity (Wildman–Crippen MR) is 83.2 cm³/mol. The standard InChI is InChI=1S/C14H21BrClNO2/c1-14(2,3)17-8-11(9-18-4)19-13-6-5-10(16)7-12(13)15/h5-7,11,17H,8-9H2,1-4H3. The Kier molecular flexibility index (Phi) is 6.60. The minimum atomic E-state index is -0.0540. The summed E-state index contributed by atoms with van der Waals surface area (Å²) < 4.78 is 12.0. The van der Waals surface area contributed by atoms with Crippen LogP contribution in [-0.4, -0.2) is 31.9 Å². The molecular weight excluding hydrogens is 330 g/mol. The molecule has 1 rings (SSSR count). The highest BCUT2D eigenvalue weighted by molar-refractivity contribution is 9.10. The van der Waals surface area contributed by atoms with E-state index in [-0.39, 0.29) is 11.6 Å². The van der Waals surface area contributed by atoms with Gasteiger partial charge >= 0.3 is 0 Å². The van der Waals surface area contributed by atoms with Crippen molar-refractivity contribution in [2.75, 3.05) is 20.3 Å². The molecule has 1 N–H and O–H groups in total. The average Bonchev–Trinajstić information content (AvgIpc) is 2.28. The molecule has 1 unspecified atom stereocenters. The minimum Gasteiger partial charge on any atom is -0.486 e. The monoisotopic (exact) mass is 349 g/mol. The van der Waals surface area contributed by atoms with Gasteiger partial charge in [0.1, 0.15) is 11.9 Å². The Morgan fingerprint density at radius 1 is 1.37 bits per heavy atom. The van der Waals surface area contributed by atoms with E-state index in [2.05, 4.69) is 42.0 Å². The fraction of sp³-hybridized carbons (Fsp3) is 0.571. The molecule has 0 spiro atoms. The van der Waals surface area contributed by atoms with Crippen LogP contribution in [0, 0.1) is 0 Å². The van der Waals surface area contributed by atoms with E-state index in [1.165, 1.54) is 0 Å². The first-order valence-electron chi connectivity index (χ1n) is 6.17. The molecule has 0 saturated carbocycles. The van der Waals surface area contributed by atoms with Crippen molar-refractivity contribution in [2.24, 2.45) is 0 Å². The molecule has 5 heteroatoms. The number of hydrogen-bond acceptors (Lipinski definition) is 3. The van der Waals surface area contributed by atoms with Crippen LogP contribution >= 0.6 is 27.5 Å². The van der Waals surface area contributed by atoms with Gasteiger partial charge in [-0.05, 0) is 54.9 Å². The lowest BCUT2D eigenvalue weighted by molar-refractivity contribution is 0.0760. The molecule has 0 aliphatic heterocycles. The zero-order valence-electron chi connectivity index (χ0n) is 11.8. The Hall–Kier alpha value is -0.290. The van der Waals surface area contributed by atoms with Gasteiger partial charge < -0.3 is 14.8 Å². The molecule has 1 atom stereocenters. The first-order chi connectivity index (χ1) is 8.81. The molecule has 0 amide bonds. The van der Waals surface area contributed by atoms with E-state index in [4.69, 9.17) is 21.1 Å². The molecular formula is C14H21BrClNO2. The van der Waals surface area contributed by atoms with Crippen molar-refractivity contribution in [3.63, 3.8) is 0 Å². The Bertz CT molecular complexity index is 407. The molecule has 0 aromatic heterocycles. The molecule has 0 radical (unpaired) electrons. The minimum absolute atomic E-state index is 0.0482. The summed E-state index contributed by atoms with van der Waals surface area (Å²) in [7, 11) is 1.67. The summed E-state index contributed by atoms with van der Waals surface area (Å²) in [4.78, 5) is 0. The van der Waals surface area contributed by atoms with Crippen LogP contribution in [-0.2, 0) is 4.74 Å². The first kappa shape index (κ1) is 16.8. The van der Waals surface area contributed by atoms with Crippen LogP contribution in [0.15, 0.2) is 22.7 Å².